The highest BCUT2D eigenvalue weighted by atomic mass is 35.5. The zero-order chi connectivity index (χ0) is 11.6. The van der Waals surface area contributed by atoms with Crippen LogP contribution in [0.3, 0.4) is 0 Å². The number of hydrogen-bond donors (Lipinski definition) is 1. The predicted octanol–water partition coefficient (Wildman–Crippen LogP) is 4.04. The van der Waals surface area contributed by atoms with Crippen molar-refractivity contribution in [2.45, 2.75) is 0 Å². The highest BCUT2D eigenvalue weighted by Crippen LogP contribution is 2.31. The van der Waals surface area contributed by atoms with Crippen LogP contribution in [0.4, 0.5) is 4.39 Å². The molecule has 1 aromatic rings. The van der Waals surface area contributed by atoms with Gasteiger partial charge < -0.3 is 5.11 Å². The van der Waals surface area contributed by atoms with E-state index in [4.69, 9.17) is 39.9 Å². The van der Waals surface area contributed by atoms with Crippen molar-refractivity contribution < 1.29 is 14.3 Å². The van der Waals surface area contributed by atoms with Gasteiger partial charge in [0.1, 0.15) is 0 Å². The van der Waals surface area contributed by atoms with Gasteiger partial charge in [-0.3, -0.25) is 0 Å². The highest BCUT2D eigenvalue weighted by Gasteiger charge is 2.08. The smallest absolute Gasteiger partial charge is 0.364 e. The molecule has 1 N–H and O–H groups in total. The molecule has 80 valence electrons. The first kappa shape index (κ1) is 12.3. The Balaban J connectivity index is 3.18. The Morgan fingerprint density at radius 1 is 1.27 bits per heavy atom. The van der Waals surface area contributed by atoms with E-state index in [1.807, 2.05) is 0 Å². The lowest BCUT2D eigenvalue weighted by Gasteiger charge is -2.01. The van der Waals surface area contributed by atoms with Crippen molar-refractivity contribution in [2.24, 2.45) is 0 Å². The fourth-order valence-electron chi connectivity index (χ4n) is 0.867. The van der Waals surface area contributed by atoms with Gasteiger partial charge in [0.25, 0.3) is 0 Å². The molecule has 0 aromatic heterocycles. The van der Waals surface area contributed by atoms with Gasteiger partial charge in [0.15, 0.2) is 0 Å². The molecule has 0 saturated carbocycles. The number of rotatable bonds is 2. The third-order valence-electron chi connectivity index (χ3n) is 1.50. The van der Waals surface area contributed by atoms with Crippen LogP contribution in [0.5, 0.6) is 0 Å². The van der Waals surface area contributed by atoms with E-state index in [1.165, 1.54) is 12.1 Å². The van der Waals surface area contributed by atoms with Gasteiger partial charge in [-0.15, -0.1) is 0 Å². The van der Waals surface area contributed by atoms with Crippen LogP contribution in [0.15, 0.2) is 18.0 Å². The molecular weight excluding hydrogens is 265 g/mol. The van der Waals surface area contributed by atoms with Gasteiger partial charge in [-0.05, 0) is 23.8 Å². The van der Waals surface area contributed by atoms with Crippen LogP contribution < -0.4 is 0 Å². The molecule has 0 atom stereocenters. The molecule has 0 heterocycles. The van der Waals surface area contributed by atoms with Gasteiger partial charge >= 0.3 is 5.97 Å². The SMILES string of the molecule is O=C(O)C(F)=Cc1cc(Cl)c(Cl)c(Cl)c1. The average molecular weight is 269 g/mol. The van der Waals surface area contributed by atoms with Gasteiger partial charge in [-0.1, -0.05) is 34.8 Å². The summed E-state index contributed by atoms with van der Waals surface area (Å²) in [4.78, 5) is 10.2. The second-order valence-electron chi connectivity index (χ2n) is 2.60. The third-order valence-corrected chi connectivity index (χ3v) is 2.70. The van der Waals surface area contributed by atoms with E-state index in [1.54, 1.807) is 0 Å². The summed E-state index contributed by atoms with van der Waals surface area (Å²) in [7, 11) is 0. The van der Waals surface area contributed by atoms with E-state index in [2.05, 4.69) is 0 Å². The minimum absolute atomic E-state index is 0.133. The molecule has 0 aliphatic carbocycles. The Morgan fingerprint density at radius 2 is 1.73 bits per heavy atom. The van der Waals surface area contributed by atoms with E-state index in [0.717, 1.165) is 6.08 Å². The maximum absolute atomic E-state index is 12.7. The van der Waals surface area contributed by atoms with Crippen LogP contribution in [0.2, 0.25) is 15.1 Å². The Morgan fingerprint density at radius 3 is 2.13 bits per heavy atom. The number of halogens is 4. The van der Waals surface area contributed by atoms with Crippen LogP contribution in [0, 0.1) is 0 Å². The molecule has 0 amide bonds. The van der Waals surface area contributed by atoms with E-state index in [-0.39, 0.29) is 20.6 Å². The number of benzene rings is 1. The van der Waals surface area contributed by atoms with Crippen molar-refractivity contribution in [3.05, 3.63) is 38.6 Å². The lowest BCUT2D eigenvalue weighted by molar-refractivity contribution is -0.134. The normalized spacial score (nSPS) is 11.6. The van der Waals surface area contributed by atoms with Crippen LogP contribution in [0.25, 0.3) is 6.08 Å². The third kappa shape index (κ3) is 3.09. The summed E-state index contributed by atoms with van der Waals surface area (Å²) in [5, 5.41) is 8.71. The van der Waals surface area contributed by atoms with Gasteiger partial charge in [0.2, 0.25) is 5.83 Å². The Kier molecular flexibility index (Phi) is 3.97. The second kappa shape index (κ2) is 4.84. The first-order valence-corrected chi connectivity index (χ1v) is 4.80. The lowest BCUT2D eigenvalue weighted by Crippen LogP contribution is -1.94. The molecule has 0 aliphatic heterocycles. The number of carbonyl (C=O) groups is 1. The number of carboxylic acid groups (broad SMARTS) is 1. The van der Waals surface area contributed by atoms with Gasteiger partial charge in [0.05, 0.1) is 15.1 Å². The van der Waals surface area contributed by atoms with Crippen molar-refractivity contribution >= 4 is 46.8 Å². The van der Waals surface area contributed by atoms with Gasteiger partial charge in [-0.2, -0.15) is 4.39 Å². The molecule has 1 aromatic carbocycles. The van der Waals surface area contributed by atoms with E-state index in [9.17, 15) is 9.18 Å². The summed E-state index contributed by atoms with van der Waals surface area (Å²) >= 11 is 17.0. The summed E-state index contributed by atoms with van der Waals surface area (Å²) in [6.07, 6.45) is 0.802. The zero-order valence-corrected chi connectivity index (χ0v) is 9.37. The van der Waals surface area contributed by atoms with E-state index >= 15 is 0 Å². The zero-order valence-electron chi connectivity index (χ0n) is 7.10. The van der Waals surface area contributed by atoms with Crippen molar-refractivity contribution in [3.63, 3.8) is 0 Å². The lowest BCUT2D eigenvalue weighted by atomic mass is 10.2. The Hall–Kier alpha value is -0.770. The summed E-state index contributed by atoms with van der Waals surface area (Å²) in [6, 6.07) is 2.64. The topological polar surface area (TPSA) is 37.3 Å². The van der Waals surface area contributed by atoms with Crippen LogP contribution in [-0.4, -0.2) is 11.1 Å². The first-order valence-electron chi connectivity index (χ1n) is 3.67. The summed E-state index contributed by atoms with van der Waals surface area (Å²) in [5.74, 6) is -2.96. The summed E-state index contributed by atoms with van der Waals surface area (Å²) in [6.45, 7) is 0. The standard InChI is InChI=1S/C9H4Cl3FO2/c10-5-1-4(2-6(11)8(5)12)3-7(13)9(14)15/h1-3H,(H,14,15). The molecule has 0 fully saturated rings. The molecule has 1 rings (SSSR count). The van der Waals surface area contributed by atoms with Crippen LogP contribution in [-0.2, 0) is 4.79 Å². The molecule has 0 spiro atoms. The van der Waals surface area contributed by atoms with Gasteiger partial charge in [0, 0.05) is 0 Å². The van der Waals surface area contributed by atoms with Crippen LogP contribution >= 0.6 is 34.8 Å². The number of hydrogen-bond acceptors (Lipinski definition) is 1. The molecule has 15 heavy (non-hydrogen) atoms. The predicted molar refractivity (Wildman–Crippen MR) is 58.2 cm³/mol. The molecule has 0 radical (unpaired) electrons. The Labute approximate surface area is 99.9 Å². The summed E-state index contributed by atoms with van der Waals surface area (Å²) < 4.78 is 12.7. The molecule has 0 saturated heterocycles. The first-order chi connectivity index (χ1) is 6.91. The molecule has 0 aliphatic rings. The van der Waals surface area contributed by atoms with Crippen molar-refractivity contribution in [1.82, 2.24) is 0 Å². The van der Waals surface area contributed by atoms with Gasteiger partial charge in [-0.25, -0.2) is 4.79 Å². The van der Waals surface area contributed by atoms with E-state index < -0.39 is 11.8 Å². The molecule has 0 unspecified atom stereocenters. The van der Waals surface area contributed by atoms with Crippen LogP contribution in [0.1, 0.15) is 5.56 Å². The quantitative estimate of drug-likeness (QED) is 0.650. The molecule has 6 heteroatoms. The monoisotopic (exact) mass is 268 g/mol. The molecular formula is C9H4Cl3FO2. The number of carboxylic acids is 1. The minimum Gasteiger partial charge on any atom is -0.476 e. The maximum Gasteiger partial charge on any atom is 0.364 e. The average Bonchev–Trinajstić information content (AvgIpc) is 2.13. The largest absolute Gasteiger partial charge is 0.476 e. The molecule has 2 nitrogen and oxygen atoms in total. The number of aliphatic carboxylic acids is 1. The fourth-order valence-corrected chi connectivity index (χ4v) is 1.48. The fraction of sp³-hybridized carbons (Fsp3) is 0. The van der Waals surface area contributed by atoms with E-state index in [0.29, 0.717) is 0 Å². The summed E-state index contributed by atoms with van der Waals surface area (Å²) in [5.41, 5.74) is 0.231. The van der Waals surface area contributed by atoms with Crippen molar-refractivity contribution in [2.75, 3.05) is 0 Å². The maximum atomic E-state index is 12.7. The Bertz CT molecular complexity index is 420. The van der Waals surface area contributed by atoms with Crippen molar-refractivity contribution in [1.29, 1.82) is 0 Å². The highest BCUT2D eigenvalue weighted by molar-refractivity contribution is 6.48. The second-order valence-corrected chi connectivity index (χ2v) is 3.79. The van der Waals surface area contributed by atoms with Crippen molar-refractivity contribution in [3.8, 4) is 0 Å². The molecule has 0 bridgehead atoms. The minimum atomic E-state index is -1.66.